The van der Waals surface area contributed by atoms with Crippen molar-refractivity contribution in [1.82, 2.24) is 9.97 Å². The quantitative estimate of drug-likeness (QED) is 0.791. The molecule has 1 saturated heterocycles. The van der Waals surface area contributed by atoms with Crippen LogP contribution in [0.2, 0.25) is 5.15 Å². The first-order valence-electron chi connectivity index (χ1n) is 6.41. The first-order valence-corrected chi connectivity index (χ1v) is 6.79. The Labute approximate surface area is 113 Å². The van der Waals surface area contributed by atoms with Crippen LogP contribution in [0.1, 0.15) is 30.7 Å². The number of aryl methyl sites for hydroxylation is 1. The van der Waals surface area contributed by atoms with E-state index in [0.29, 0.717) is 17.1 Å². The molecule has 0 bridgehead atoms. The highest BCUT2D eigenvalue weighted by atomic mass is 35.5. The molecule has 5 heteroatoms. The van der Waals surface area contributed by atoms with Crippen molar-refractivity contribution >= 4 is 17.4 Å². The lowest BCUT2D eigenvalue weighted by Crippen LogP contribution is -2.34. The second kappa shape index (κ2) is 5.85. The molecule has 2 rings (SSSR count). The van der Waals surface area contributed by atoms with Gasteiger partial charge in [0.25, 0.3) is 0 Å². The molecule has 1 aliphatic heterocycles. The average Bonchev–Trinajstić information content (AvgIpc) is 2.35. The molecule has 2 heterocycles. The second-order valence-corrected chi connectivity index (χ2v) is 5.24. The average molecular weight is 270 g/mol. The van der Waals surface area contributed by atoms with Crippen molar-refractivity contribution in [2.24, 2.45) is 0 Å². The highest BCUT2D eigenvalue weighted by Crippen LogP contribution is 2.23. The molecule has 4 nitrogen and oxygen atoms in total. The molecule has 18 heavy (non-hydrogen) atoms. The summed E-state index contributed by atoms with van der Waals surface area (Å²) < 4.78 is 5.75. The largest absolute Gasteiger partial charge is 0.376 e. The van der Waals surface area contributed by atoms with Crippen LogP contribution in [0, 0.1) is 13.8 Å². The SMILES string of the molecule is Cc1nc(Cl)c(C)c(N(C)CC2CCCCO2)n1. The van der Waals surface area contributed by atoms with E-state index in [9.17, 15) is 0 Å². The standard InChI is InChI=1S/C13H20ClN3O/c1-9-12(14)15-10(2)16-13(9)17(3)8-11-6-4-5-7-18-11/h11H,4-8H2,1-3H3. The third kappa shape index (κ3) is 3.12. The number of halogens is 1. The maximum Gasteiger partial charge on any atom is 0.137 e. The molecular weight excluding hydrogens is 250 g/mol. The van der Waals surface area contributed by atoms with Crippen molar-refractivity contribution in [3.05, 3.63) is 16.5 Å². The Balaban J connectivity index is 2.10. The number of ether oxygens (including phenoxy) is 1. The lowest BCUT2D eigenvalue weighted by Gasteiger charge is -2.29. The van der Waals surface area contributed by atoms with Crippen LogP contribution in [0.25, 0.3) is 0 Å². The molecule has 1 fully saturated rings. The summed E-state index contributed by atoms with van der Waals surface area (Å²) in [6.07, 6.45) is 3.86. The van der Waals surface area contributed by atoms with Gasteiger partial charge < -0.3 is 9.64 Å². The molecule has 0 N–H and O–H groups in total. The smallest absolute Gasteiger partial charge is 0.137 e. The van der Waals surface area contributed by atoms with Gasteiger partial charge in [0.1, 0.15) is 16.8 Å². The van der Waals surface area contributed by atoms with Gasteiger partial charge in [0.15, 0.2) is 0 Å². The zero-order chi connectivity index (χ0) is 13.1. The number of likely N-dealkylation sites (N-methyl/N-ethyl adjacent to an activating group) is 1. The summed E-state index contributed by atoms with van der Waals surface area (Å²) in [7, 11) is 2.03. The van der Waals surface area contributed by atoms with E-state index in [2.05, 4.69) is 14.9 Å². The van der Waals surface area contributed by atoms with Gasteiger partial charge in [-0.1, -0.05) is 11.6 Å². The van der Waals surface area contributed by atoms with Gasteiger partial charge in [0.2, 0.25) is 0 Å². The predicted molar refractivity (Wildman–Crippen MR) is 73.4 cm³/mol. The Kier molecular flexibility index (Phi) is 4.40. The van der Waals surface area contributed by atoms with E-state index in [4.69, 9.17) is 16.3 Å². The number of nitrogens with zero attached hydrogens (tertiary/aromatic N) is 3. The summed E-state index contributed by atoms with van der Waals surface area (Å²) in [4.78, 5) is 10.8. The van der Waals surface area contributed by atoms with Crippen molar-refractivity contribution in [3.8, 4) is 0 Å². The number of anilines is 1. The van der Waals surface area contributed by atoms with Gasteiger partial charge in [0.05, 0.1) is 6.10 Å². The fraction of sp³-hybridized carbons (Fsp3) is 0.692. The highest BCUT2D eigenvalue weighted by molar-refractivity contribution is 6.30. The molecule has 1 unspecified atom stereocenters. The van der Waals surface area contributed by atoms with Crippen LogP contribution in [0.5, 0.6) is 0 Å². The molecule has 0 amide bonds. The Morgan fingerprint density at radius 2 is 2.11 bits per heavy atom. The Hall–Kier alpha value is -0.870. The highest BCUT2D eigenvalue weighted by Gasteiger charge is 2.18. The van der Waals surface area contributed by atoms with E-state index in [0.717, 1.165) is 31.0 Å². The third-order valence-corrected chi connectivity index (χ3v) is 3.65. The van der Waals surface area contributed by atoms with Crippen molar-refractivity contribution in [2.75, 3.05) is 25.1 Å². The molecule has 0 aromatic carbocycles. The fourth-order valence-corrected chi connectivity index (χ4v) is 2.50. The zero-order valence-electron chi connectivity index (χ0n) is 11.2. The maximum atomic E-state index is 6.10. The molecule has 0 spiro atoms. The predicted octanol–water partition coefficient (Wildman–Crippen LogP) is 2.75. The summed E-state index contributed by atoms with van der Waals surface area (Å²) in [6.45, 7) is 5.55. The minimum absolute atomic E-state index is 0.303. The van der Waals surface area contributed by atoms with Crippen LogP contribution in [0.3, 0.4) is 0 Å². The van der Waals surface area contributed by atoms with E-state index in [1.54, 1.807) is 0 Å². The zero-order valence-corrected chi connectivity index (χ0v) is 12.0. The van der Waals surface area contributed by atoms with E-state index in [-0.39, 0.29) is 0 Å². The normalized spacial score (nSPS) is 19.9. The van der Waals surface area contributed by atoms with Gasteiger partial charge in [-0.15, -0.1) is 0 Å². The van der Waals surface area contributed by atoms with Crippen LogP contribution in [-0.4, -0.2) is 36.3 Å². The van der Waals surface area contributed by atoms with Gasteiger partial charge in [-0.05, 0) is 33.1 Å². The minimum Gasteiger partial charge on any atom is -0.376 e. The number of hydrogen-bond donors (Lipinski definition) is 0. The van der Waals surface area contributed by atoms with Crippen molar-refractivity contribution in [2.45, 2.75) is 39.2 Å². The van der Waals surface area contributed by atoms with Crippen LogP contribution in [0.4, 0.5) is 5.82 Å². The van der Waals surface area contributed by atoms with E-state index >= 15 is 0 Å². The number of rotatable bonds is 3. The molecule has 100 valence electrons. The minimum atomic E-state index is 0.303. The first-order chi connectivity index (χ1) is 8.58. The van der Waals surface area contributed by atoms with Gasteiger partial charge in [-0.3, -0.25) is 0 Å². The van der Waals surface area contributed by atoms with E-state index in [1.165, 1.54) is 12.8 Å². The summed E-state index contributed by atoms with van der Waals surface area (Å²) in [5.41, 5.74) is 0.931. The molecule has 0 radical (unpaired) electrons. The molecule has 1 atom stereocenters. The summed E-state index contributed by atoms with van der Waals surface area (Å²) >= 11 is 6.10. The Morgan fingerprint density at radius 1 is 1.33 bits per heavy atom. The number of hydrogen-bond acceptors (Lipinski definition) is 4. The van der Waals surface area contributed by atoms with Crippen LogP contribution < -0.4 is 4.90 Å². The summed E-state index contributed by atoms with van der Waals surface area (Å²) in [6, 6.07) is 0. The molecule has 1 aromatic heterocycles. The lowest BCUT2D eigenvalue weighted by atomic mass is 10.1. The second-order valence-electron chi connectivity index (χ2n) is 4.88. The number of aromatic nitrogens is 2. The van der Waals surface area contributed by atoms with Gasteiger partial charge >= 0.3 is 0 Å². The van der Waals surface area contributed by atoms with Crippen LogP contribution in [0.15, 0.2) is 0 Å². The molecule has 0 saturated carbocycles. The van der Waals surface area contributed by atoms with Gasteiger partial charge in [0, 0.05) is 25.8 Å². The molecule has 1 aromatic rings. The van der Waals surface area contributed by atoms with Crippen molar-refractivity contribution < 1.29 is 4.74 Å². The summed E-state index contributed by atoms with van der Waals surface area (Å²) in [5.74, 6) is 1.61. The Bertz CT molecular complexity index is 419. The van der Waals surface area contributed by atoms with Gasteiger partial charge in [-0.25, -0.2) is 9.97 Å². The van der Waals surface area contributed by atoms with Crippen LogP contribution in [-0.2, 0) is 4.74 Å². The molecule has 1 aliphatic rings. The maximum absolute atomic E-state index is 6.10. The van der Waals surface area contributed by atoms with E-state index < -0.39 is 0 Å². The van der Waals surface area contributed by atoms with Crippen LogP contribution >= 0.6 is 11.6 Å². The van der Waals surface area contributed by atoms with Crippen molar-refractivity contribution in [3.63, 3.8) is 0 Å². The fourth-order valence-electron chi connectivity index (χ4n) is 2.30. The third-order valence-electron chi connectivity index (χ3n) is 3.29. The van der Waals surface area contributed by atoms with Gasteiger partial charge in [-0.2, -0.15) is 0 Å². The molecule has 0 aliphatic carbocycles. The summed E-state index contributed by atoms with van der Waals surface area (Å²) in [5, 5.41) is 0.536. The molecular formula is C13H20ClN3O. The Morgan fingerprint density at radius 3 is 2.78 bits per heavy atom. The lowest BCUT2D eigenvalue weighted by molar-refractivity contribution is 0.0215. The van der Waals surface area contributed by atoms with E-state index in [1.807, 2.05) is 20.9 Å². The first kappa shape index (κ1) is 13.6. The van der Waals surface area contributed by atoms with Crippen molar-refractivity contribution in [1.29, 1.82) is 0 Å². The topological polar surface area (TPSA) is 38.2 Å². The monoisotopic (exact) mass is 269 g/mol.